The van der Waals surface area contributed by atoms with Gasteiger partial charge in [0.1, 0.15) is 11.9 Å². The number of nitrogens with zero attached hydrogens (tertiary/aromatic N) is 1. The summed E-state index contributed by atoms with van der Waals surface area (Å²) in [7, 11) is 0. The lowest BCUT2D eigenvalue weighted by atomic mass is 9.93. The lowest BCUT2D eigenvalue weighted by Crippen LogP contribution is -2.43. The van der Waals surface area contributed by atoms with Crippen LogP contribution in [0.4, 0.5) is 13.2 Å². The molecule has 1 aliphatic heterocycles. The molecule has 2 unspecified atom stereocenters. The zero-order valence-corrected chi connectivity index (χ0v) is 11.3. The van der Waals surface area contributed by atoms with Gasteiger partial charge in [0, 0.05) is 10.8 Å². The van der Waals surface area contributed by atoms with E-state index < -0.39 is 23.9 Å². The van der Waals surface area contributed by atoms with Crippen molar-refractivity contribution in [3.05, 3.63) is 58.5 Å². The molecule has 1 aromatic carbocycles. The quantitative estimate of drug-likeness (QED) is 0.849. The van der Waals surface area contributed by atoms with Gasteiger partial charge in [0.05, 0.1) is 11.6 Å². The molecule has 0 aromatic heterocycles. The molecule has 0 fully saturated rings. The highest BCUT2D eigenvalue weighted by Crippen LogP contribution is 2.33. The standard InChI is InChI=1S/C16H11F3N2O/c17-16(18,19)9-5-6-14-12(7-9)10-3-1-2-4-11(10)15(22-14)13(21)8-20/h1-7,13-14H,21H2. The Morgan fingerprint density at radius 3 is 2.55 bits per heavy atom. The van der Waals surface area contributed by atoms with E-state index in [1.807, 2.05) is 6.07 Å². The third kappa shape index (κ3) is 2.30. The van der Waals surface area contributed by atoms with E-state index in [9.17, 15) is 13.2 Å². The van der Waals surface area contributed by atoms with Crippen molar-refractivity contribution in [3.8, 4) is 6.07 Å². The van der Waals surface area contributed by atoms with Crippen molar-refractivity contribution in [2.45, 2.75) is 18.3 Å². The van der Waals surface area contributed by atoms with Crippen molar-refractivity contribution in [3.63, 3.8) is 0 Å². The van der Waals surface area contributed by atoms with Gasteiger partial charge in [-0.1, -0.05) is 30.3 Å². The van der Waals surface area contributed by atoms with Crippen LogP contribution in [0, 0.1) is 11.3 Å². The summed E-state index contributed by atoms with van der Waals surface area (Å²) >= 11 is 0. The molecule has 2 aliphatic rings. The number of allylic oxidation sites excluding steroid dienone is 2. The maximum atomic E-state index is 12.9. The monoisotopic (exact) mass is 304 g/mol. The summed E-state index contributed by atoms with van der Waals surface area (Å²) in [6.07, 6.45) is -1.69. The van der Waals surface area contributed by atoms with E-state index in [-0.39, 0.29) is 5.76 Å². The summed E-state index contributed by atoms with van der Waals surface area (Å²) in [6, 6.07) is 7.76. The molecule has 0 saturated carbocycles. The van der Waals surface area contributed by atoms with Crippen LogP contribution in [0.25, 0.3) is 11.3 Å². The lowest BCUT2D eigenvalue weighted by molar-refractivity contribution is -0.0883. The summed E-state index contributed by atoms with van der Waals surface area (Å²) in [6.45, 7) is 0. The minimum atomic E-state index is -4.42. The van der Waals surface area contributed by atoms with Crippen molar-refractivity contribution in [1.29, 1.82) is 5.26 Å². The maximum Gasteiger partial charge on any atom is 0.416 e. The Balaban J connectivity index is 2.32. The Kier molecular flexibility index (Phi) is 3.30. The van der Waals surface area contributed by atoms with Crippen LogP contribution in [0.5, 0.6) is 0 Å². The normalized spacial score (nSPS) is 21.2. The molecule has 3 nitrogen and oxygen atoms in total. The Morgan fingerprint density at radius 2 is 1.91 bits per heavy atom. The highest BCUT2D eigenvalue weighted by molar-refractivity contribution is 5.72. The molecule has 1 heterocycles. The first-order valence-corrected chi connectivity index (χ1v) is 6.54. The number of nitrogens with two attached hydrogens (primary N) is 1. The molecule has 2 atom stereocenters. The van der Waals surface area contributed by atoms with Crippen LogP contribution in [0.3, 0.4) is 0 Å². The van der Waals surface area contributed by atoms with Crippen LogP contribution in [-0.2, 0) is 4.74 Å². The van der Waals surface area contributed by atoms with Gasteiger partial charge in [0.2, 0.25) is 0 Å². The van der Waals surface area contributed by atoms with Crippen LogP contribution in [0.2, 0.25) is 0 Å². The molecule has 112 valence electrons. The molecule has 0 saturated heterocycles. The SMILES string of the molecule is N#CC(N)C1=c2ccccc2=C2C=C(C(F)(F)F)C=CC2O1. The second-order valence-electron chi connectivity index (χ2n) is 4.97. The molecular weight excluding hydrogens is 293 g/mol. The summed E-state index contributed by atoms with van der Waals surface area (Å²) < 4.78 is 44.3. The number of hydrogen-bond acceptors (Lipinski definition) is 3. The van der Waals surface area contributed by atoms with E-state index in [1.165, 1.54) is 6.08 Å². The van der Waals surface area contributed by atoms with Crippen molar-refractivity contribution in [2.75, 3.05) is 0 Å². The fourth-order valence-corrected chi connectivity index (χ4v) is 2.55. The van der Waals surface area contributed by atoms with E-state index in [4.69, 9.17) is 15.7 Å². The Labute approximate surface area is 124 Å². The molecular formula is C16H11F3N2O. The predicted octanol–water partition coefficient (Wildman–Crippen LogP) is 1.25. The average Bonchev–Trinajstić information content (AvgIpc) is 2.52. The summed E-state index contributed by atoms with van der Waals surface area (Å²) in [5.41, 5.74) is 5.41. The highest BCUT2D eigenvalue weighted by atomic mass is 19.4. The van der Waals surface area contributed by atoms with Gasteiger partial charge in [-0.3, -0.25) is 0 Å². The highest BCUT2D eigenvalue weighted by Gasteiger charge is 2.35. The maximum absolute atomic E-state index is 12.9. The van der Waals surface area contributed by atoms with Gasteiger partial charge in [0.15, 0.2) is 6.04 Å². The molecule has 1 aromatic rings. The van der Waals surface area contributed by atoms with E-state index in [0.29, 0.717) is 16.0 Å². The summed E-state index contributed by atoms with van der Waals surface area (Å²) in [5.74, 6) is 0.278. The van der Waals surface area contributed by atoms with Gasteiger partial charge >= 0.3 is 6.18 Å². The van der Waals surface area contributed by atoms with Gasteiger partial charge in [-0.15, -0.1) is 0 Å². The first-order chi connectivity index (χ1) is 10.4. The van der Waals surface area contributed by atoms with Crippen molar-refractivity contribution in [2.24, 2.45) is 5.73 Å². The minimum absolute atomic E-state index is 0.278. The van der Waals surface area contributed by atoms with Gasteiger partial charge in [-0.05, 0) is 17.4 Å². The Bertz CT molecular complexity index is 843. The Hall–Kier alpha value is -2.52. The van der Waals surface area contributed by atoms with E-state index in [1.54, 1.807) is 24.3 Å². The molecule has 1 aliphatic carbocycles. The van der Waals surface area contributed by atoms with Gasteiger partial charge in [0.25, 0.3) is 0 Å². The molecule has 3 rings (SSSR count). The third-order valence-corrected chi connectivity index (χ3v) is 3.57. The van der Waals surface area contributed by atoms with Crippen molar-refractivity contribution in [1.82, 2.24) is 0 Å². The van der Waals surface area contributed by atoms with E-state index >= 15 is 0 Å². The number of rotatable bonds is 1. The number of alkyl halides is 3. The molecule has 0 bridgehead atoms. The van der Waals surface area contributed by atoms with Gasteiger partial charge in [-0.2, -0.15) is 18.4 Å². The number of benzene rings is 1. The third-order valence-electron chi connectivity index (χ3n) is 3.57. The zero-order chi connectivity index (χ0) is 15.9. The van der Waals surface area contributed by atoms with Crippen LogP contribution < -0.4 is 16.2 Å². The number of fused-ring (bicyclic) bond motifs is 2. The van der Waals surface area contributed by atoms with E-state index in [0.717, 1.165) is 12.2 Å². The number of halogens is 3. The Morgan fingerprint density at radius 1 is 1.23 bits per heavy atom. The number of hydrogen-bond donors (Lipinski definition) is 1. The number of nitriles is 1. The van der Waals surface area contributed by atoms with Crippen LogP contribution >= 0.6 is 0 Å². The van der Waals surface area contributed by atoms with Crippen LogP contribution in [-0.4, -0.2) is 18.3 Å². The zero-order valence-electron chi connectivity index (χ0n) is 11.3. The van der Waals surface area contributed by atoms with E-state index in [2.05, 4.69) is 0 Å². The topological polar surface area (TPSA) is 59.0 Å². The van der Waals surface area contributed by atoms with Gasteiger partial charge < -0.3 is 10.5 Å². The van der Waals surface area contributed by atoms with Crippen LogP contribution in [0.1, 0.15) is 0 Å². The predicted molar refractivity (Wildman–Crippen MR) is 74.2 cm³/mol. The van der Waals surface area contributed by atoms with Crippen molar-refractivity contribution < 1.29 is 17.9 Å². The minimum Gasteiger partial charge on any atom is -0.482 e. The van der Waals surface area contributed by atoms with Crippen LogP contribution in [0.15, 0.2) is 48.1 Å². The smallest absolute Gasteiger partial charge is 0.416 e. The molecule has 6 heteroatoms. The molecule has 0 amide bonds. The molecule has 2 N–H and O–H groups in total. The van der Waals surface area contributed by atoms with Crippen molar-refractivity contribution >= 4 is 11.3 Å². The second-order valence-corrected chi connectivity index (χ2v) is 4.97. The largest absolute Gasteiger partial charge is 0.482 e. The number of ether oxygens (including phenoxy) is 1. The summed E-state index contributed by atoms with van der Waals surface area (Å²) in [4.78, 5) is 0. The average molecular weight is 304 g/mol. The molecule has 22 heavy (non-hydrogen) atoms. The summed E-state index contributed by atoms with van der Waals surface area (Å²) in [5, 5.41) is 10.2. The molecule has 0 radical (unpaired) electrons. The first-order valence-electron chi connectivity index (χ1n) is 6.54. The molecule has 0 spiro atoms. The fraction of sp³-hybridized carbons (Fsp3) is 0.188. The van der Waals surface area contributed by atoms with Gasteiger partial charge in [-0.25, -0.2) is 0 Å². The first kappa shape index (κ1) is 14.4. The second kappa shape index (κ2) is 5.04. The fourth-order valence-electron chi connectivity index (χ4n) is 2.55. The lowest BCUT2D eigenvalue weighted by Gasteiger charge is -2.28.